The largest absolute Gasteiger partial charge is 0.497 e. The van der Waals surface area contributed by atoms with Crippen molar-refractivity contribution in [1.29, 1.82) is 0 Å². The van der Waals surface area contributed by atoms with Gasteiger partial charge < -0.3 is 24.6 Å². The van der Waals surface area contributed by atoms with Crippen molar-refractivity contribution < 1.29 is 14.3 Å². The lowest BCUT2D eigenvalue weighted by molar-refractivity contribution is -0.121. The molecule has 1 saturated heterocycles. The molecule has 35 heavy (non-hydrogen) atoms. The third kappa shape index (κ3) is 5.27. The first-order valence-electron chi connectivity index (χ1n) is 12.3. The molecular formula is C27H33N5O3. The molecule has 0 unspecified atom stereocenters. The van der Waals surface area contributed by atoms with Crippen LogP contribution < -0.4 is 19.7 Å². The van der Waals surface area contributed by atoms with E-state index in [4.69, 9.17) is 9.47 Å². The van der Waals surface area contributed by atoms with Crippen LogP contribution in [0, 0.1) is 5.92 Å². The number of carbonyl (C=O) groups is 1. The second-order valence-corrected chi connectivity index (χ2v) is 9.36. The summed E-state index contributed by atoms with van der Waals surface area (Å²) < 4.78 is 11.2. The number of methoxy groups -OCH3 is 1. The SMILES string of the molecule is COc1ccc2c(c1)C[C@H](C(=O)Nc1ccc(-c3cn[nH]c3)cc1N(C)CCN1CCCC1)CO2. The highest BCUT2D eigenvalue weighted by atomic mass is 16.5. The number of hydrogen-bond donors (Lipinski definition) is 2. The number of carbonyl (C=O) groups excluding carboxylic acids is 1. The molecule has 1 amide bonds. The first-order chi connectivity index (χ1) is 17.1. The third-order valence-corrected chi connectivity index (χ3v) is 6.99. The van der Waals surface area contributed by atoms with Crippen LogP contribution in [0.3, 0.4) is 0 Å². The molecule has 8 heteroatoms. The van der Waals surface area contributed by atoms with Crippen LogP contribution in [0.2, 0.25) is 0 Å². The van der Waals surface area contributed by atoms with Gasteiger partial charge in [0, 0.05) is 31.9 Å². The van der Waals surface area contributed by atoms with Crippen molar-refractivity contribution in [2.75, 3.05) is 57.2 Å². The summed E-state index contributed by atoms with van der Waals surface area (Å²) in [4.78, 5) is 18.1. The van der Waals surface area contributed by atoms with Crippen LogP contribution in [0.1, 0.15) is 18.4 Å². The number of hydrogen-bond acceptors (Lipinski definition) is 6. The zero-order valence-electron chi connectivity index (χ0n) is 20.4. The summed E-state index contributed by atoms with van der Waals surface area (Å²) in [5.74, 6) is 1.28. The molecule has 0 radical (unpaired) electrons. The number of nitrogens with one attached hydrogen (secondary N) is 2. The minimum atomic E-state index is -0.272. The van der Waals surface area contributed by atoms with Gasteiger partial charge in [0.05, 0.1) is 30.6 Å². The number of rotatable bonds is 8. The Labute approximate surface area is 206 Å². The molecule has 3 heterocycles. The molecule has 0 bridgehead atoms. The number of benzene rings is 2. The van der Waals surface area contributed by atoms with E-state index in [1.807, 2.05) is 42.7 Å². The smallest absolute Gasteiger partial charge is 0.231 e. The second-order valence-electron chi connectivity index (χ2n) is 9.36. The summed E-state index contributed by atoms with van der Waals surface area (Å²) in [7, 11) is 3.73. The summed E-state index contributed by atoms with van der Waals surface area (Å²) in [5.41, 5.74) is 4.87. The van der Waals surface area contributed by atoms with E-state index < -0.39 is 0 Å². The molecule has 5 rings (SSSR count). The van der Waals surface area contributed by atoms with Gasteiger partial charge in [0.25, 0.3) is 0 Å². The predicted octanol–water partition coefficient (Wildman–Crippen LogP) is 3.81. The zero-order chi connectivity index (χ0) is 24.2. The van der Waals surface area contributed by atoms with Crippen LogP contribution in [0.15, 0.2) is 48.8 Å². The van der Waals surface area contributed by atoms with Crippen molar-refractivity contribution in [2.24, 2.45) is 5.92 Å². The van der Waals surface area contributed by atoms with Gasteiger partial charge in [-0.15, -0.1) is 0 Å². The van der Waals surface area contributed by atoms with E-state index in [2.05, 4.69) is 38.4 Å². The Kier molecular flexibility index (Phi) is 6.90. The lowest BCUT2D eigenvalue weighted by Crippen LogP contribution is -2.34. The number of ether oxygens (including phenoxy) is 2. The second kappa shape index (κ2) is 10.4. The highest BCUT2D eigenvalue weighted by molar-refractivity contribution is 5.97. The van der Waals surface area contributed by atoms with E-state index in [1.165, 1.54) is 25.9 Å². The molecule has 2 aliphatic rings. The van der Waals surface area contributed by atoms with Gasteiger partial charge in [0.1, 0.15) is 18.1 Å². The average Bonchev–Trinajstić information content (AvgIpc) is 3.61. The summed E-state index contributed by atoms with van der Waals surface area (Å²) in [6.45, 7) is 4.59. The summed E-state index contributed by atoms with van der Waals surface area (Å²) in [6.07, 6.45) is 6.86. The van der Waals surface area contributed by atoms with Crippen LogP contribution >= 0.6 is 0 Å². The monoisotopic (exact) mass is 475 g/mol. The lowest BCUT2D eigenvalue weighted by Gasteiger charge is -2.28. The Morgan fingerprint density at radius 3 is 2.86 bits per heavy atom. The lowest BCUT2D eigenvalue weighted by atomic mass is 9.95. The molecule has 1 atom stereocenters. The number of anilines is 2. The molecule has 8 nitrogen and oxygen atoms in total. The molecule has 1 aromatic heterocycles. The minimum Gasteiger partial charge on any atom is -0.497 e. The van der Waals surface area contributed by atoms with Gasteiger partial charge in [0.2, 0.25) is 5.91 Å². The van der Waals surface area contributed by atoms with Crippen molar-refractivity contribution in [2.45, 2.75) is 19.3 Å². The average molecular weight is 476 g/mol. The maximum Gasteiger partial charge on any atom is 0.231 e. The van der Waals surface area contributed by atoms with Crippen LogP contribution in [0.25, 0.3) is 11.1 Å². The van der Waals surface area contributed by atoms with E-state index in [1.54, 1.807) is 7.11 Å². The van der Waals surface area contributed by atoms with Gasteiger partial charge in [-0.25, -0.2) is 0 Å². The van der Waals surface area contributed by atoms with Gasteiger partial charge in [-0.2, -0.15) is 5.10 Å². The van der Waals surface area contributed by atoms with Crippen molar-refractivity contribution in [3.05, 3.63) is 54.4 Å². The number of aromatic amines is 1. The van der Waals surface area contributed by atoms with E-state index in [0.29, 0.717) is 13.0 Å². The number of nitrogens with zero attached hydrogens (tertiary/aromatic N) is 3. The normalized spacial score (nSPS) is 17.5. The zero-order valence-corrected chi connectivity index (χ0v) is 20.4. The van der Waals surface area contributed by atoms with Gasteiger partial charge in [-0.1, -0.05) is 6.07 Å². The Morgan fingerprint density at radius 2 is 2.09 bits per heavy atom. The Hall–Kier alpha value is -3.52. The maximum atomic E-state index is 13.3. The molecule has 2 aromatic carbocycles. The fourth-order valence-electron chi connectivity index (χ4n) is 4.86. The minimum absolute atomic E-state index is 0.0382. The van der Waals surface area contributed by atoms with Crippen molar-refractivity contribution in [3.63, 3.8) is 0 Å². The number of fused-ring (bicyclic) bond motifs is 1. The quantitative estimate of drug-likeness (QED) is 0.516. The van der Waals surface area contributed by atoms with Crippen molar-refractivity contribution in [1.82, 2.24) is 15.1 Å². The van der Waals surface area contributed by atoms with E-state index in [0.717, 1.165) is 52.7 Å². The fourth-order valence-corrected chi connectivity index (χ4v) is 4.86. The summed E-state index contributed by atoms with van der Waals surface area (Å²) >= 11 is 0. The topological polar surface area (TPSA) is 82.7 Å². The molecule has 0 aliphatic carbocycles. The van der Waals surface area contributed by atoms with Gasteiger partial charge >= 0.3 is 0 Å². The number of amides is 1. The van der Waals surface area contributed by atoms with Crippen molar-refractivity contribution in [3.8, 4) is 22.6 Å². The van der Waals surface area contributed by atoms with Crippen LogP contribution in [-0.4, -0.2) is 67.9 Å². The van der Waals surface area contributed by atoms with Crippen LogP contribution in [-0.2, 0) is 11.2 Å². The number of likely N-dealkylation sites (N-methyl/N-ethyl adjacent to an activating group) is 1. The Morgan fingerprint density at radius 1 is 1.23 bits per heavy atom. The fraction of sp³-hybridized carbons (Fsp3) is 0.407. The van der Waals surface area contributed by atoms with Crippen LogP contribution in [0.5, 0.6) is 11.5 Å². The molecule has 0 saturated carbocycles. The van der Waals surface area contributed by atoms with E-state index in [9.17, 15) is 4.79 Å². The van der Waals surface area contributed by atoms with Gasteiger partial charge in [-0.05, 0) is 73.8 Å². The predicted molar refractivity (Wildman–Crippen MR) is 137 cm³/mol. The van der Waals surface area contributed by atoms with Gasteiger partial charge in [0.15, 0.2) is 0 Å². The highest BCUT2D eigenvalue weighted by Crippen LogP contribution is 2.34. The Balaban J connectivity index is 1.34. The number of likely N-dealkylation sites (tertiary alicyclic amines) is 1. The van der Waals surface area contributed by atoms with Crippen LogP contribution in [0.4, 0.5) is 11.4 Å². The standard InChI is InChI=1S/C27H33N5O3/c1-31(11-12-32-9-3-4-10-32)25-15-19(22-16-28-29-17-22)5-7-24(25)30-27(33)21-13-20-14-23(34-2)6-8-26(20)35-18-21/h5-8,14-17,21H,3-4,9-13,18H2,1-2H3,(H,28,29)(H,30,33)/t21-/m0/s1. The summed E-state index contributed by atoms with van der Waals surface area (Å²) in [5, 5.41) is 10.2. The first-order valence-corrected chi connectivity index (χ1v) is 12.3. The molecular weight excluding hydrogens is 442 g/mol. The third-order valence-electron chi connectivity index (χ3n) is 6.99. The van der Waals surface area contributed by atoms with Crippen molar-refractivity contribution >= 4 is 17.3 Å². The van der Waals surface area contributed by atoms with Gasteiger partial charge in [-0.3, -0.25) is 9.89 Å². The Bertz CT molecular complexity index is 1160. The molecule has 3 aromatic rings. The maximum absolute atomic E-state index is 13.3. The number of H-pyrrole nitrogens is 1. The van der Waals surface area contributed by atoms with E-state index >= 15 is 0 Å². The molecule has 0 spiro atoms. The summed E-state index contributed by atoms with van der Waals surface area (Å²) in [6, 6.07) is 11.9. The molecule has 2 N–H and O–H groups in total. The highest BCUT2D eigenvalue weighted by Gasteiger charge is 2.27. The van der Waals surface area contributed by atoms with E-state index in [-0.39, 0.29) is 11.8 Å². The molecule has 1 fully saturated rings. The first kappa shape index (κ1) is 23.2. The molecule has 2 aliphatic heterocycles. The number of aromatic nitrogens is 2. The molecule has 184 valence electrons.